The third-order valence-electron chi connectivity index (χ3n) is 8.20. The molecule has 4 rings (SSSR count). The molecule has 21 heavy (non-hydrogen) atoms. The predicted octanol–water partition coefficient (Wildman–Crippen LogP) is 5.09. The first-order valence-corrected chi connectivity index (χ1v) is 9.51. The van der Waals surface area contributed by atoms with Crippen LogP contribution in [0, 0.1) is 29.1 Å². The van der Waals surface area contributed by atoms with Gasteiger partial charge in [0.2, 0.25) is 0 Å². The van der Waals surface area contributed by atoms with Crippen LogP contribution >= 0.6 is 0 Å². The number of fused-ring (bicyclic) bond motifs is 5. The van der Waals surface area contributed by atoms with Crippen LogP contribution in [-0.4, -0.2) is 10.7 Å². The highest BCUT2D eigenvalue weighted by atomic mass is 16.3. The molecule has 0 amide bonds. The number of allylic oxidation sites excluding steroid dienone is 2. The van der Waals surface area contributed by atoms with E-state index in [9.17, 15) is 5.11 Å². The number of hydrogen-bond donors (Lipinski definition) is 1. The van der Waals surface area contributed by atoms with Gasteiger partial charge in [-0.25, -0.2) is 0 Å². The minimum atomic E-state index is -0.400. The van der Waals surface area contributed by atoms with E-state index in [4.69, 9.17) is 0 Å². The van der Waals surface area contributed by atoms with Gasteiger partial charge in [-0.2, -0.15) is 0 Å². The average molecular weight is 288 g/mol. The van der Waals surface area contributed by atoms with Crippen molar-refractivity contribution in [2.24, 2.45) is 29.1 Å². The second-order valence-electron chi connectivity index (χ2n) is 8.69. The lowest BCUT2D eigenvalue weighted by Gasteiger charge is -2.53. The molecule has 0 aromatic carbocycles. The molecule has 6 atom stereocenters. The van der Waals surface area contributed by atoms with Gasteiger partial charge >= 0.3 is 0 Å². The topological polar surface area (TPSA) is 20.2 Å². The van der Waals surface area contributed by atoms with Gasteiger partial charge < -0.3 is 5.11 Å². The molecule has 0 radical (unpaired) electrons. The zero-order valence-electron chi connectivity index (χ0n) is 13.9. The highest BCUT2D eigenvalue weighted by Gasteiger charge is 2.59. The van der Waals surface area contributed by atoms with Crippen LogP contribution in [0.25, 0.3) is 0 Å². The fourth-order valence-electron chi connectivity index (χ4n) is 6.80. The largest absolute Gasteiger partial charge is 0.389 e. The van der Waals surface area contributed by atoms with Crippen LogP contribution in [0.1, 0.15) is 78.1 Å². The van der Waals surface area contributed by atoms with Crippen molar-refractivity contribution >= 4 is 0 Å². The summed E-state index contributed by atoms with van der Waals surface area (Å²) in [5.74, 6) is 3.48. The van der Waals surface area contributed by atoms with Gasteiger partial charge in [-0.3, -0.25) is 0 Å². The third-order valence-corrected chi connectivity index (χ3v) is 8.20. The summed E-state index contributed by atoms with van der Waals surface area (Å²) in [6, 6.07) is 0. The van der Waals surface area contributed by atoms with Gasteiger partial charge in [0.25, 0.3) is 0 Å². The van der Waals surface area contributed by atoms with Crippen molar-refractivity contribution in [2.75, 3.05) is 0 Å². The second-order valence-corrected chi connectivity index (χ2v) is 8.69. The molecular formula is C20H32O. The maximum atomic E-state index is 11.1. The molecule has 3 fully saturated rings. The van der Waals surface area contributed by atoms with Crippen molar-refractivity contribution in [2.45, 2.75) is 83.7 Å². The molecule has 0 aromatic rings. The summed E-state index contributed by atoms with van der Waals surface area (Å²) in [5, 5.41) is 11.1. The van der Waals surface area contributed by atoms with Crippen molar-refractivity contribution in [1.82, 2.24) is 0 Å². The lowest BCUT2D eigenvalue weighted by atomic mass is 9.53. The van der Waals surface area contributed by atoms with Crippen LogP contribution in [0.15, 0.2) is 11.6 Å². The summed E-state index contributed by atoms with van der Waals surface area (Å²) < 4.78 is 0. The number of rotatable bonds is 1. The van der Waals surface area contributed by atoms with Crippen molar-refractivity contribution in [3.8, 4) is 0 Å². The maximum Gasteiger partial charge on any atom is 0.0704 e. The monoisotopic (exact) mass is 288 g/mol. The molecule has 0 aliphatic heterocycles. The Morgan fingerprint density at radius 2 is 1.90 bits per heavy atom. The van der Waals surface area contributed by atoms with Crippen LogP contribution in [-0.2, 0) is 0 Å². The highest BCUT2D eigenvalue weighted by Crippen LogP contribution is 2.64. The van der Waals surface area contributed by atoms with Crippen LogP contribution < -0.4 is 0 Å². The quantitative estimate of drug-likeness (QED) is 0.666. The summed E-state index contributed by atoms with van der Waals surface area (Å²) in [6.45, 7) is 4.58. The predicted molar refractivity (Wildman–Crippen MR) is 86.9 cm³/mol. The molecule has 0 aromatic heterocycles. The molecular weight excluding hydrogens is 256 g/mol. The van der Waals surface area contributed by atoms with E-state index in [1.165, 1.54) is 44.9 Å². The molecule has 0 spiro atoms. The van der Waals surface area contributed by atoms with Crippen LogP contribution in [0.2, 0.25) is 0 Å². The van der Waals surface area contributed by atoms with E-state index in [0.29, 0.717) is 0 Å². The Morgan fingerprint density at radius 3 is 2.71 bits per heavy atom. The first-order chi connectivity index (χ1) is 10.1. The van der Waals surface area contributed by atoms with E-state index in [2.05, 4.69) is 19.9 Å². The van der Waals surface area contributed by atoms with Crippen LogP contribution in [0.3, 0.4) is 0 Å². The lowest BCUT2D eigenvalue weighted by Crippen LogP contribution is -2.49. The standard InChI is InChI=1S/C20H32O/c1-3-20(21)13-11-18-17-9-8-14-6-4-5-7-15(14)16(17)10-12-19(18,20)2/h10,14-15,17-18,21H,3-9,11-13H2,1-2H3/t14?,15-,17+,18-,19-,20-/m0/s1. The zero-order chi connectivity index (χ0) is 14.7. The molecule has 1 unspecified atom stereocenters. The Kier molecular flexibility index (Phi) is 3.30. The average Bonchev–Trinajstić information content (AvgIpc) is 2.79. The van der Waals surface area contributed by atoms with Gasteiger partial charge in [0, 0.05) is 5.41 Å². The van der Waals surface area contributed by atoms with Crippen molar-refractivity contribution in [1.29, 1.82) is 0 Å². The summed E-state index contributed by atoms with van der Waals surface area (Å²) in [5.41, 5.74) is 1.59. The van der Waals surface area contributed by atoms with E-state index in [-0.39, 0.29) is 5.41 Å². The third kappa shape index (κ3) is 1.85. The smallest absolute Gasteiger partial charge is 0.0704 e. The molecule has 0 bridgehead atoms. The van der Waals surface area contributed by atoms with Crippen LogP contribution in [0.4, 0.5) is 0 Å². The van der Waals surface area contributed by atoms with Crippen molar-refractivity contribution in [3.05, 3.63) is 11.6 Å². The maximum absolute atomic E-state index is 11.1. The second kappa shape index (κ2) is 4.85. The van der Waals surface area contributed by atoms with Crippen molar-refractivity contribution < 1.29 is 5.11 Å². The molecule has 1 nitrogen and oxygen atoms in total. The van der Waals surface area contributed by atoms with E-state index in [1.807, 2.05) is 5.57 Å². The van der Waals surface area contributed by atoms with Crippen LogP contribution in [0.5, 0.6) is 0 Å². The molecule has 4 aliphatic carbocycles. The highest BCUT2D eigenvalue weighted by molar-refractivity contribution is 5.26. The summed E-state index contributed by atoms with van der Waals surface area (Å²) in [4.78, 5) is 0. The van der Waals surface area contributed by atoms with Gasteiger partial charge in [-0.15, -0.1) is 0 Å². The molecule has 1 N–H and O–H groups in total. The number of aliphatic hydroxyl groups is 1. The first-order valence-electron chi connectivity index (χ1n) is 9.51. The number of hydrogen-bond acceptors (Lipinski definition) is 1. The molecule has 0 saturated heterocycles. The molecule has 1 heteroatoms. The normalized spacial score (nSPS) is 52.6. The van der Waals surface area contributed by atoms with Gasteiger partial charge in [-0.1, -0.05) is 38.3 Å². The Balaban J connectivity index is 1.67. The Morgan fingerprint density at radius 1 is 1.10 bits per heavy atom. The fourth-order valence-corrected chi connectivity index (χ4v) is 6.80. The van der Waals surface area contributed by atoms with Gasteiger partial charge in [0.15, 0.2) is 0 Å². The first kappa shape index (κ1) is 14.3. The summed E-state index contributed by atoms with van der Waals surface area (Å²) in [6.07, 6.45) is 15.7. The minimum Gasteiger partial charge on any atom is -0.389 e. The molecule has 0 heterocycles. The van der Waals surface area contributed by atoms with E-state index >= 15 is 0 Å². The van der Waals surface area contributed by atoms with E-state index in [0.717, 1.165) is 42.9 Å². The minimum absolute atomic E-state index is 0.150. The zero-order valence-corrected chi connectivity index (χ0v) is 13.9. The summed E-state index contributed by atoms with van der Waals surface area (Å²) >= 11 is 0. The van der Waals surface area contributed by atoms with Gasteiger partial charge in [0.05, 0.1) is 5.60 Å². The fraction of sp³-hybridized carbons (Fsp3) is 0.900. The van der Waals surface area contributed by atoms with Gasteiger partial charge in [-0.05, 0) is 75.0 Å². The Bertz CT molecular complexity index is 453. The van der Waals surface area contributed by atoms with Crippen molar-refractivity contribution in [3.63, 3.8) is 0 Å². The van der Waals surface area contributed by atoms with Gasteiger partial charge in [0.1, 0.15) is 0 Å². The lowest BCUT2D eigenvalue weighted by molar-refractivity contribution is -0.0846. The SMILES string of the molecule is CC[C@]1(O)CC[C@H]2[C@@H]3CCC4CCCC[C@@H]4C3=CC[C@@]21C. The molecule has 3 saturated carbocycles. The van der Waals surface area contributed by atoms with E-state index in [1.54, 1.807) is 0 Å². The Hall–Kier alpha value is -0.300. The molecule has 118 valence electrons. The molecule has 4 aliphatic rings. The Labute approximate surface area is 130 Å². The summed E-state index contributed by atoms with van der Waals surface area (Å²) in [7, 11) is 0. The van der Waals surface area contributed by atoms with E-state index < -0.39 is 5.60 Å².